The van der Waals surface area contributed by atoms with E-state index >= 15 is 0 Å². The number of likely N-dealkylation sites (tertiary alicyclic amines) is 1. The van der Waals surface area contributed by atoms with Crippen LogP contribution in [0.25, 0.3) is 45.0 Å². The molecule has 0 spiro atoms. The lowest BCUT2D eigenvalue weighted by Gasteiger charge is -2.39. The molecule has 0 unspecified atom stereocenters. The fourth-order valence-electron chi connectivity index (χ4n) is 9.99. The molecule has 0 saturated carbocycles. The van der Waals surface area contributed by atoms with Gasteiger partial charge in [0, 0.05) is 73.0 Å². The lowest BCUT2D eigenvalue weighted by Crippen LogP contribution is -2.59. The number of carbonyl (C=O) groups is 5. The summed E-state index contributed by atoms with van der Waals surface area (Å²) in [6, 6.07) is 47.3. The highest BCUT2D eigenvalue weighted by Crippen LogP contribution is 2.27. The average Bonchev–Trinajstić information content (AvgIpc) is 1.45. The number of hydrogen-bond acceptors (Lipinski definition) is 14. The van der Waals surface area contributed by atoms with Crippen LogP contribution in [0.2, 0.25) is 0 Å². The smallest absolute Gasteiger partial charge is 0.408 e. The molecular weight excluding hydrogens is 1150 g/mol. The van der Waals surface area contributed by atoms with Crippen molar-refractivity contribution in [1.82, 2.24) is 35.5 Å². The molecule has 18 nitrogen and oxygen atoms in total. The summed E-state index contributed by atoms with van der Waals surface area (Å²) in [6.45, 7) is 6.51. The third kappa shape index (κ3) is 21.6. The number of ether oxygens (including phenoxy) is 5. The first-order chi connectivity index (χ1) is 44.4. The Morgan fingerprint density at radius 1 is 0.473 bits per heavy atom. The molecular formula is C73H81N7O11. The molecule has 2 atom stereocenters. The summed E-state index contributed by atoms with van der Waals surface area (Å²) < 4.78 is 27.1. The SMILES string of the molecule is CCCCCCCOc1ccc(-c2cnc(-c3ccc(C[C@H](NC(=O)OCc4ccccc4)C(=O)N4CC(C(=O)OC)C4)cc3)nc2)cc1.CCCCCCCOc1ccc(-c2cnc(-c3ccc(C[C@H](NC(=O)OCc4ccccc4)C(=O)O)cc3)nc2)cc1. The zero-order chi connectivity index (χ0) is 64.0. The second-order valence-electron chi connectivity index (χ2n) is 22.3. The van der Waals surface area contributed by atoms with Gasteiger partial charge in [-0.3, -0.25) is 9.59 Å². The molecule has 1 saturated heterocycles. The fourth-order valence-corrected chi connectivity index (χ4v) is 9.99. The van der Waals surface area contributed by atoms with E-state index in [0.29, 0.717) is 11.6 Å². The number of carbonyl (C=O) groups excluding carboxylic acids is 4. The number of nitrogens with zero attached hydrogens (tertiary/aromatic N) is 5. The summed E-state index contributed by atoms with van der Waals surface area (Å²) in [5.41, 5.74) is 8.65. The van der Waals surface area contributed by atoms with Gasteiger partial charge in [-0.15, -0.1) is 0 Å². The molecule has 1 aliphatic rings. The van der Waals surface area contributed by atoms with Gasteiger partial charge in [-0.05, 0) is 70.5 Å². The highest BCUT2D eigenvalue weighted by molar-refractivity contribution is 5.88. The van der Waals surface area contributed by atoms with Crippen molar-refractivity contribution in [2.24, 2.45) is 5.92 Å². The number of aliphatic carboxylic acids is 1. The number of unbranched alkanes of at least 4 members (excludes halogenated alkanes) is 8. The molecule has 3 amide bonds. The second kappa shape index (κ2) is 35.9. The molecule has 1 aliphatic heterocycles. The second-order valence-corrected chi connectivity index (χ2v) is 22.3. The standard InChI is InChI=1S/C39H44N4O6.C34H37N3O5/c1-3-4-5-6-10-21-48-34-19-17-30(18-20-34)32-23-40-36(41-24-32)31-15-13-28(14-16-31)22-35(37(44)43-25-33(26-43)38(45)47-2)42-39(46)49-27-29-11-8-7-9-12-29;1-2-3-4-5-9-20-41-30-18-16-27(17-19-30)29-22-35-32(36-23-29)28-14-12-25(13-15-28)21-31(33(38)39)37-34(40)42-24-26-10-7-6-8-11-26/h7-9,11-20,23-24,33,35H,3-6,10,21-22,25-27H2,1-2H3,(H,42,46);6-8,10-19,22-23,31H,2-5,9,20-21,24H2,1H3,(H,37,40)(H,38,39)/t35-;31-/m00/s1. The number of carboxylic acids is 1. The van der Waals surface area contributed by atoms with E-state index in [9.17, 15) is 29.1 Å². The third-order valence-corrected chi connectivity index (χ3v) is 15.3. The number of hydrogen-bond donors (Lipinski definition) is 3. The summed E-state index contributed by atoms with van der Waals surface area (Å²) >= 11 is 0. The maximum Gasteiger partial charge on any atom is 0.408 e. The van der Waals surface area contributed by atoms with Crippen molar-refractivity contribution in [2.45, 2.75) is 116 Å². The van der Waals surface area contributed by atoms with Crippen molar-refractivity contribution in [2.75, 3.05) is 33.4 Å². The van der Waals surface area contributed by atoms with Gasteiger partial charge in [0.1, 0.15) is 36.8 Å². The summed E-state index contributed by atoms with van der Waals surface area (Å²) in [4.78, 5) is 81.7. The zero-order valence-electron chi connectivity index (χ0n) is 52.0. The van der Waals surface area contributed by atoms with E-state index in [-0.39, 0.29) is 56.9 Å². The highest BCUT2D eigenvalue weighted by atomic mass is 16.6. The van der Waals surface area contributed by atoms with Gasteiger partial charge in [0.25, 0.3) is 0 Å². The lowest BCUT2D eigenvalue weighted by molar-refractivity contribution is -0.156. The van der Waals surface area contributed by atoms with E-state index < -0.39 is 30.2 Å². The molecule has 0 bridgehead atoms. The molecule has 3 N–H and O–H groups in total. The molecule has 2 aromatic heterocycles. The van der Waals surface area contributed by atoms with Gasteiger partial charge in [-0.25, -0.2) is 34.3 Å². The van der Waals surface area contributed by atoms with Crippen molar-refractivity contribution >= 4 is 30.0 Å². The van der Waals surface area contributed by atoms with Crippen LogP contribution in [-0.4, -0.2) is 105 Å². The van der Waals surface area contributed by atoms with E-state index in [1.54, 1.807) is 29.7 Å². The average molecular weight is 1230 g/mol. The quantitative estimate of drug-likeness (QED) is 0.0208. The molecule has 1 fully saturated rings. The highest BCUT2D eigenvalue weighted by Gasteiger charge is 2.39. The minimum absolute atomic E-state index is 0.0610. The van der Waals surface area contributed by atoms with Crippen LogP contribution in [-0.2, 0) is 54.6 Å². The van der Waals surface area contributed by atoms with Crippen molar-refractivity contribution in [3.8, 4) is 56.5 Å². The summed E-state index contributed by atoms with van der Waals surface area (Å²) in [6.07, 6.45) is 18.1. The number of rotatable bonds is 31. The minimum Gasteiger partial charge on any atom is -0.494 e. The zero-order valence-corrected chi connectivity index (χ0v) is 52.0. The van der Waals surface area contributed by atoms with Crippen molar-refractivity contribution in [1.29, 1.82) is 0 Å². The maximum atomic E-state index is 13.4. The van der Waals surface area contributed by atoms with Gasteiger partial charge in [0.15, 0.2) is 11.6 Å². The summed E-state index contributed by atoms with van der Waals surface area (Å²) in [5.74, 6) is 0.695. The predicted octanol–water partition coefficient (Wildman–Crippen LogP) is 13.7. The van der Waals surface area contributed by atoms with Crippen molar-refractivity contribution < 1.29 is 52.8 Å². The van der Waals surface area contributed by atoms with Gasteiger partial charge in [0.2, 0.25) is 5.91 Å². The Bertz CT molecular complexity index is 3500. The Labute approximate surface area is 532 Å². The first-order valence-electron chi connectivity index (χ1n) is 31.3. The normalized spacial score (nSPS) is 12.4. The maximum absolute atomic E-state index is 13.4. The number of alkyl carbamates (subject to hydrolysis) is 2. The van der Waals surface area contributed by atoms with Crippen LogP contribution >= 0.6 is 0 Å². The predicted molar refractivity (Wildman–Crippen MR) is 349 cm³/mol. The number of aromatic nitrogens is 4. The van der Waals surface area contributed by atoms with Crippen LogP contribution < -0.4 is 20.1 Å². The molecule has 3 heterocycles. The first kappa shape index (κ1) is 67.0. The van der Waals surface area contributed by atoms with Crippen LogP contribution in [0, 0.1) is 5.92 Å². The van der Waals surface area contributed by atoms with Gasteiger partial charge >= 0.3 is 24.1 Å². The van der Waals surface area contributed by atoms with Gasteiger partial charge in [-0.2, -0.15) is 0 Å². The van der Waals surface area contributed by atoms with Crippen LogP contribution in [0.5, 0.6) is 11.5 Å². The first-order valence-corrected chi connectivity index (χ1v) is 31.3. The number of carboxylic acid groups (broad SMARTS) is 1. The molecule has 0 aliphatic carbocycles. The van der Waals surface area contributed by atoms with E-state index in [1.165, 1.54) is 58.5 Å². The Hall–Kier alpha value is -9.97. The Morgan fingerprint density at radius 3 is 1.25 bits per heavy atom. The molecule has 91 heavy (non-hydrogen) atoms. The number of nitrogens with one attached hydrogen (secondary N) is 2. The van der Waals surface area contributed by atoms with Crippen LogP contribution in [0.3, 0.4) is 0 Å². The largest absolute Gasteiger partial charge is 0.494 e. The minimum atomic E-state index is -1.14. The van der Waals surface area contributed by atoms with E-state index in [4.69, 9.17) is 23.7 Å². The van der Waals surface area contributed by atoms with E-state index in [2.05, 4.69) is 44.4 Å². The number of benzene rings is 6. The van der Waals surface area contributed by atoms with Gasteiger partial charge in [-0.1, -0.05) is 199 Å². The topological polar surface area (TPSA) is 231 Å². The number of esters is 1. The lowest BCUT2D eigenvalue weighted by atomic mass is 9.97. The van der Waals surface area contributed by atoms with Crippen LogP contribution in [0.15, 0.2) is 183 Å². The van der Waals surface area contributed by atoms with E-state index in [0.717, 1.165) is 93.2 Å². The van der Waals surface area contributed by atoms with E-state index in [1.807, 2.05) is 158 Å². The number of amides is 3. The fraction of sp³-hybridized carbons (Fsp3) is 0.329. The molecule has 474 valence electrons. The Balaban J connectivity index is 0.000000237. The third-order valence-electron chi connectivity index (χ3n) is 15.3. The van der Waals surface area contributed by atoms with Gasteiger partial charge < -0.3 is 44.3 Å². The molecule has 18 heteroatoms. The van der Waals surface area contributed by atoms with Crippen LogP contribution in [0.1, 0.15) is 100 Å². The van der Waals surface area contributed by atoms with Crippen LogP contribution in [0.4, 0.5) is 9.59 Å². The Morgan fingerprint density at radius 2 is 0.857 bits per heavy atom. The number of methoxy groups -OCH3 is 1. The van der Waals surface area contributed by atoms with Crippen molar-refractivity contribution in [3.63, 3.8) is 0 Å². The Kier molecular flexibility index (Phi) is 26.4. The summed E-state index contributed by atoms with van der Waals surface area (Å²) in [5, 5.41) is 14.8. The molecule has 6 aromatic carbocycles. The molecule has 8 aromatic rings. The van der Waals surface area contributed by atoms with Crippen molar-refractivity contribution in [3.05, 3.63) is 205 Å². The summed E-state index contributed by atoms with van der Waals surface area (Å²) in [7, 11) is 1.33. The molecule has 9 rings (SSSR count). The monoisotopic (exact) mass is 1230 g/mol. The van der Waals surface area contributed by atoms with Gasteiger partial charge in [0.05, 0.1) is 26.2 Å². The molecule has 0 radical (unpaired) electrons.